The number of fused-ring (bicyclic) bond motifs is 3. The number of rotatable bonds is 6. The Bertz CT molecular complexity index is 772. The number of unbranched alkanes of at least 4 members (excludes halogenated alkanes) is 1. The van der Waals surface area contributed by atoms with Crippen molar-refractivity contribution in [3.8, 4) is 0 Å². The topological polar surface area (TPSA) is 15.8 Å². The second kappa shape index (κ2) is 6.87. The lowest BCUT2D eigenvalue weighted by Crippen LogP contribution is -2.03. The Morgan fingerprint density at radius 2 is 1.73 bits per heavy atom. The van der Waals surface area contributed by atoms with Crippen molar-refractivity contribution >= 4 is 37.7 Å². The molecular formula is C20H24BrN. The van der Waals surface area contributed by atoms with E-state index in [0.29, 0.717) is 0 Å². The van der Waals surface area contributed by atoms with Crippen LogP contribution >= 0.6 is 15.9 Å². The van der Waals surface area contributed by atoms with E-state index in [9.17, 15) is 0 Å². The van der Waals surface area contributed by atoms with Crippen molar-refractivity contribution in [1.29, 1.82) is 0 Å². The van der Waals surface area contributed by atoms with Crippen molar-refractivity contribution in [3.63, 3.8) is 0 Å². The third-order valence-corrected chi connectivity index (χ3v) is 5.19. The van der Waals surface area contributed by atoms with Crippen LogP contribution in [0, 0.1) is 5.92 Å². The Kier molecular flexibility index (Phi) is 4.87. The molecule has 2 aromatic carbocycles. The molecule has 0 aliphatic carbocycles. The molecule has 1 heterocycles. The van der Waals surface area contributed by atoms with Crippen LogP contribution in [0.5, 0.6) is 0 Å². The van der Waals surface area contributed by atoms with Crippen LogP contribution in [0.4, 0.5) is 0 Å². The molecule has 0 saturated carbocycles. The number of hydrogen-bond donors (Lipinski definition) is 1. The van der Waals surface area contributed by atoms with Gasteiger partial charge in [0.05, 0.1) is 0 Å². The SMILES string of the molecule is CCCCC(CC)Cc1ccc2[nH]c3ccc(Br)cc3c2c1. The summed E-state index contributed by atoms with van der Waals surface area (Å²) < 4.78 is 1.14. The highest BCUT2D eigenvalue weighted by molar-refractivity contribution is 9.10. The first-order valence-corrected chi connectivity index (χ1v) is 9.20. The van der Waals surface area contributed by atoms with Gasteiger partial charge in [-0.1, -0.05) is 61.5 Å². The molecule has 1 N–H and O–H groups in total. The van der Waals surface area contributed by atoms with Crippen LogP contribution in [0.2, 0.25) is 0 Å². The summed E-state index contributed by atoms with van der Waals surface area (Å²) in [5, 5.41) is 2.66. The quantitative estimate of drug-likeness (QED) is 0.496. The van der Waals surface area contributed by atoms with Crippen molar-refractivity contribution in [2.45, 2.75) is 46.0 Å². The number of aromatic nitrogens is 1. The summed E-state index contributed by atoms with van der Waals surface area (Å²) in [6.07, 6.45) is 6.47. The molecule has 0 aliphatic rings. The van der Waals surface area contributed by atoms with E-state index < -0.39 is 0 Å². The van der Waals surface area contributed by atoms with E-state index in [1.807, 2.05) is 0 Å². The van der Waals surface area contributed by atoms with Crippen LogP contribution in [0.25, 0.3) is 21.8 Å². The van der Waals surface area contributed by atoms with E-state index >= 15 is 0 Å². The van der Waals surface area contributed by atoms with Gasteiger partial charge in [0, 0.05) is 26.3 Å². The molecule has 0 amide bonds. The largest absolute Gasteiger partial charge is 0.355 e. The molecule has 0 spiro atoms. The fourth-order valence-electron chi connectivity index (χ4n) is 3.32. The van der Waals surface area contributed by atoms with Gasteiger partial charge in [-0.25, -0.2) is 0 Å². The van der Waals surface area contributed by atoms with Gasteiger partial charge >= 0.3 is 0 Å². The van der Waals surface area contributed by atoms with E-state index in [0.717, 1.165) is 10.4 Å². The lowest BCUT2D eigenvalue weighted by atomic mass is 9.91. The Morgan fingerprint density at radius 3 is 2.45 bits per heavy atom. The maximum absolute atomic E-state index is 3.59. The number of aromatic amines is 1. The highest BCUT2D eigenvalue weighted by Crippen LogP contribution is 2.30. The van der Waals surface area contributed by atoms with Gasteiger partial charge < -0.3 is 4.98 Å². The molecule has 116 valence electrons. The smallest absolute Gasteiger partial charge is 0.0465 e. The van der Waals surface area contributed by atoms with Crippen molar-refractivity contribution in [2.24, 2.45) is 5.92 Å². The van der Waals surface area contributed by atoms with E-state index in [2.05, 4.69) is 71.2 Å². The van der Waals surface area contributed by atoms with Gasteiger partial charge in [-0.3, -0.25) is 0 Å². The van der Waals surface area contributed by atoms with E-state index in [1.54, 1.807) is 0 Å². The summed E-state index contributed by atoms with van der Waals surface area (Å²) in [5.41, 5.74) is 3.92. The van der Waals surface area contributed by atoms with Crippen molar-refractivity contribution in [2.75, 3.05) is 0 Å². The Labute approximate surface area is 141 Å². The zero-order valence-electron chi connectivity index (χ0n) is 13.5. The number of hydrogen-bond acceptors (Lipinski definition) is 0. The van der Waals surface area contributed by atoms with Gasteiger partial charge in [0.25, 0.3) is 0 Å². The Balaban J connectivity index is 1.94. The van der Waals surface area contributed by atoms with Crippen LogP contribution in [0.15, 0.2) is 40.9 Å². The van der Waals surface area contributed by atoms with E-state index in [4.69, 9.17) is 0 Å². The zero-order chi connectivity index (χ0) is 15.5. The zero-order valence-corrected chi connectivity index (χ0v) is 15.0. The van der Waals surface area contributed by atoms with E-state index in [-0.39, 0.29) is 0 Å². The third kappa shape index (κ3) is 3.22. The van der Waals surface area contributed by atoms with Gasteiger partial charge in [-0.2, -0.15) is 0 Å². The molecule has 2 heteroatoms. The van der Waals surface area contributed by atoms with Gasteiger partial charge in [-0.05, 0) is 48.2 Å². The second-order valence-corrected chi connectivity index (χ2v) is 7.23. The number of H-pyrrole nitrogens is 1. The molecular weight excluding hydrogens is 334 g/mol. The minimum absolute atomic E-state index is 0.814. The van der Waals surface area contributed by atoms with Crippen LogP contribution in [0.1, 0.15) is 45.1 Å². The predicted octanol–water partition coefficient (Wildman–Crippen LogP) is 6.84. The minimum Gasteiger partial charge on any atom is -0.355 e. The Morgan fingerprint density at radius 1 is 1.00 bits per heavy atom. The summed E-state index contributed by atoms with van der Waals surface area (Å²) >= 11 is 3.59. The van der Waals surface area contributed by atoms with Crippen LogP contribution in [0.3, 0.4) is 0 Å². The van der Waals surface area contributed by atoms with Gasteiger partial charge in [0.1, 0.15) is 0 Å². The van der Waals surface area contributed by atoms with Crippen LogP contribution < -0.4 is 0 Å². The predicted molar refractivity (Wildman–Crippen MR) is 101 cm³/mol. The first-order valence-electron chi connectivity index (χ1n) is 8.41. The molecule has 0 bridgehead atoms. The third-order valence-electron chi connectivity index (χ3n) is 4.69. The molecule has 0 radical (unpaired) electrons. The van der Waals surface area contributed by atoms with Crippen molar-refractivity contribution in [1.82, 2.24) is 4.98 Å². The van der Waals surface area contributed by atoms with Crippen molar-refractivity contribution < 1.29 is 0 Å². The lowest BCUT2D eigenvalue weighted by molar-refractivity contribution is 0.449. The lowest BCUT2D eigenvalue weighted by Gasteiger charge is -2.14. The average Bonchev–Trinajstić information content (AvgIpc) is 2.88. The maximum atomic E-state index is 3.59. The second-order valence-electron chi connectivity index (χ2n) is 6.32. The standard InChI is InChI=1S/C20H24BrN/c1-3-5-6-14(4-2)11-15-7-9-19-17(12-15)18-13-16(21)8-10-20(18)22-19/h7-10,12-14,22H,3-6,11H2,1-2H3. The van der Waals surface area contributed by atoms with Crippen LogP contribution in [-0.2, 0) is 6.42 Å². The minimum atomic E-state index is 0.814. The van der Waals surface area contributed by atoms with Gasteiger partial charge in [0.15, 0.2) is 0 Å². The first kappa shape index (κ1) is 15.6. The molecule has 22 heavy (non-hydrogen) atoms. The summed E-state index contributed by atoms with van der Waals surface area (Å²) in [4.78, 5) is 3.51. The van der Waals surface area contributed by atoms with E-state index in [1.165, 1.54) is 59.5 Å². The highest BCUT2D eigenvalue weighted by Gasteiger charge is 2.10. The van der Waals surface area contributed by atoms with Crippen molar-refractivity contribution in [3.05, 3.63) is 46.4 Å². The van der Waals surface area contributed by atoms with Crippen LogP contribution in [-0.4, -0.2) is 4.98 Å². The summed E-state index contributed by atoms with van der Waals surface area (Å²) in [6, 6.07) is 13.4. The number of nitrogens with one attached hydrogen (secondary N) is 1. The number of benzene rings is 2. The molecule has 3 aromatic rings. The normalized spacial score (nSPS) is 13.0. The molecule has 0 aliphatic heterocycles. The molecule has 0 saturated heterocycles. The molecule has 1 unspecified atom stereocenters. The highest BCUT2D eigenvalue weighted by atomic mass is 79.9. The average molecular weight is 358 g/mol. The van der Waals surface area contributed by atoms with Gasteiger partial charge in [0.2, 0.25) is 0 Å². The molecule has 1 nitrogen and oxygen atoms in total. The fourth-order valence-corrected chi connectivity index (χ4v) is 3.68. The molecule has 3 rings (SSSR count). The summed E-state index contributed by atoms with van der Waals surface area (Å²) in [5.74, 6) is 0.814. The van der Waals surface area contributed by atoms with Gasteiger partial charge in [-0.15, -0.1) is 0 Å². The molecule has 1 atom stereocenters. The maximum Gasteiger partial charge on any atom is 0.0465 e. The molecule has 1 aromatic heterocycles. The fraction of sp³-hybridized carbons (Fsp3) is 0.400. The first-order chi connectivity index (χ1) is 10.7. The summed E-state index contributed by atoms with van der Waals surface area (Å²) in [7, 11) is 0. The molecule has 0 fully saturated rings. The number of halogens is 1. The Hall–Kier alpha value is -1.28. The summed E-state index contributed by atoms with van der Waals surface area (Å²) in [6.45, 7) is 4.60. The monoisotopic (exact) mass is 357 g/mol.